The lowest BCUT2D eigenvalue weighted by Crippen LogP contribution is -2.51. The van der Waals surface area contributed by atoms with E-state index in [1.807, 2.05) is 0 Å². The van der Waals surface area contributed by atoms with E-state index < -0.39 is 0 Å². The minimum atomic E-state index is -0.117. The summed E-state index contributed by atoms with van der Waals surface area (Å²) in [6, 6.07) is 11.5. The molecule has 2 atom stereocenters. The second kappa shape index (κ2) is 7.06. The molecule has 0 bridgehead atoms. The summed E-state index contributed by atoms with van der Waals surface area (Å²) in [5.41, 5.74) is 2.46. The van der Waals surface area contributed by atoms with Gasteiger partial charge in [0.25, 0.3) is 0 Å². The zero-order chi connectivity index (χ0) is 15.4. The van der Waals surface area contributed by atoms with Crippen LogP contribution in [-0.2, 0) is 0 Å². The Bertz CT molecular complexity index is 486. The SMILES string of the molecule is CCC1CN(C(C#N)c2ccc(C(C)C)cc2)CCN1C. The molecule has 0 saturated carbocycles. The van der Waals surface area contributed by atoms with E-state index in [2.05, 4.69) is 68.0 Å². The van der Waals surface area contributed by atoms with Gasteiger partial charge in [0.05, 0.1) is 6.07 Å². The first-order valence-electron chi connectivity index (χ1n) is 8.00. The summed E-state index contributed by atoms with van der Waals surface area (Å²) < 4.78 is 0. The summed E-state index contributed by atoms with van der Waals surface area (Å²) in [6.45, 7) is 9.62. The van der Waals surface area contributed by atoms with Gasteiger partial charge in [-0.05, 0) is 30.5 Å². The van der Waals surface area contributed by atoms with Crippen LogP contribution in [0.3, 0.4) is 0 Å². The Morgan fingerprint density at radius 2 is 1.81 bits per heavy atom. The Hall–Kier alpha value is -1.37. The molecule has 1 aliphatic heterocycles. The van der Waals surface area contributed by atoms with E-state index in [9.17, 15) is 5.26 Å². The van der Waals surface area contributed by atoms with Crippen LogP contribution in [0, 0.1) is 11.3 Å². The maximum absolute atomic E-state index is 9.63. The summed E-state index contributed by atoms with van der Waals surface area (Å²) in [5.74, 6) is 0.535. The fraction of sp³-hybridized carbons (Fsp3) is 0.611. The maximum atomic E-state index is 9.63. The molecule has 21 heavy (non-hydrogen) atoms. The molecule has 0 N–H and O–H groups in total. The van der Waals surface area contributed by atoms with Gasteiger partial charge in [0, 0.05) is 25.7 Å². The van der Waals surface area contributed by atoms with Crippen LogP contribution in [0.15, 0.2) is 24.3 Å². The Balaban J connectivity index is 2.14. The van der Waals surface area contributed by atoms with Crippen molar-refractivity contribution in [1.82, 2.24) is 9.80 Å². The molecule has 1 aromatic rings. The standard InChI is InChI=1S/C18H27N3/c1-5-17-13-21(11-10-20(17)4)18(12-19)16-8-6-15(7-9-16)14(2)3/h6-9,14,17-18H,5,10-11,13H2,1-4H3. The van der Waals surface area contributed by atoms with Crippen molar-refractivity contribution in [3.63, 3.8) is 0 Å². The highest BCUT2D eigenvalue weighted by Gasteiger charge is 2.28. The Morgan fingerprint density at radius 3 is 2.33 bits per heavy atom. The maximum Gasteiger partial charge on any atom is 0.123 e. The number of benzene rings is 1. The second-order valence-electron chi connectivity index (χ2n) is 6.39. The number of hydrogen-bond donors (Lipinski definition) is 0. The van der Waals surface area contributed by atoms with E-state index in [4.69, 9.17) is 0 Å². The van der Waals surface area contributed by atoms with Crippen molar-refractivity contribution in [2.24, 2.45) is 0 Å². The highest BCUT2D eigenvalue weighted by atomic mass is 15.3. The summed E-state index contributed by atoms with van der Waals surface area (Å²) in [5, 5.41) is 9.63. The van der Waals surface area contributed by atoms with Crippen molar-refractivity contribution in [2.45, 2.75) is 45.2 Å². The fourth-order valence-electron chi connectivity index (χ4n) is 3.08. The monoisotopic (exact) mass is 285 g/mol. The first-order valence-corrected chi connectivity index (χ1v) is 8.00. The summed E-state index contributed by atoms with van der Waals surface area (Å²) >= 11 is 0. The molecule has 0 amide bonds. The molecule has 0 aliphatic carbocycles. The van der Waals surface area contributed by atoms with Crippen LogP contribution in [0.4, 0.5) is 0 Å². The molecular weight excluding hydrogens is 258 g/mol. The van der Waals surface area contributed by atoms with Crippen LogP contribution in [0.1, 0.15) is 50.3 Å². The first-order chi connectivity index (χ1) is 10.1. The molecule has 1 aromatic carbocycles. The van der Waals surface area contributed by atoms with Crippen LogP contribution < -0.4 is 0 Å². The molecule has 0 aromatic heterocycles. The van der Waals surface area contributed by atoms with Gasteiger partial charge in [-0.1, -0.05) is 45.0 Å². The number of nitriles is 1. The van der Waals surface area contributed by atoms with Gasteiger partial charge in [0.2, 0.25) is 0 Å². The summed E-state index contributed by atoms with van der Waals surface area (Å²) in [7, 11) is 2.18. The number of rotatable bonds is 4. The predicted molar refractivity (Wildman–Crippen MR) is 87.2 cm³/mol. The highest BCUT2D eigenvalue weighted by Crippen LogP contribution is 2.25. The lowest BCUT2D eigenvalue weighted by molar-refractivity contribution is 0.0773. The normalized spacial score (nSPS) is 22.2. The summed E-state index contributed by atoms with van der Waals surface area (Å²) in [4.78, 5) is 4.74. The second-order valence-corrected chi connectivity index (χ2v) is 6.39. The molecule has 3 heteroatoms. The van der Waals surface area contributed by atoms with E-state index >= 15 is 0 Å². The largest absolute Gasteiger partial charge is 0.301 e. The zero-order valence-electron chi connectivity index (χ0n) is 13.7. The lowest BCUT2D eigenvalue weighted by atomic mass is 9.98. The van der Waals surface area contributed by atoms with E-state index in [-0.39, 0.29) is 6.04 Å². The molecule has 1 aliphatic rings. The van der Waals surface area contributed by atoms with Crippen LogP contribution >= 0.6 is 0 Å². The van der Waals surface area contributed by atoms with E-state index in [1.54, 1.807) is 0 Å². The fourth-order valence-corrected chi connectivity index (χ4v) is 3.08. The average molecular weight is 285 g/mol. The van der Waals surface area contributed by atoms with Crippen molar-refractivity contribution in [2.75, 3.05) is 26.7 Å². The smallest absolute Gasteiger partial charge is 0.123 e. The molecule has 2 rings (SSSR count). The van der Waals surface area contributed by atoms with Gasteiger partial charge in [-0.15, -0.1) is 0 Å². The van der Waals surface area contributed by atoms with E-state index in [1.165, 1.54) is 5.56 Å². The van der Waals surface area contributed by atoms with Gasteiger partial charge in [-0.2, -0.15) is 5.26 Å². The van der Waals surface area contributed by atoms with Gasteiger partial charge in [-0.3, -0.25) is 4.90 Å². The lowest BCUT2D eigenvalue weighted by Gasteiger charge is -2.41. The van der Waals surface area contributed by atoms with Gasteiger partial charge < -0.3 is 4.90 Å². The van der Waals surface area contributed by atoms with E-state index in [0.29, 0.717) is 12.0 Å². The molecule has 2 unspecified atom stereocenters. The van der Waals surface area contributed by atoms with Crippen LogP contribution in [0.5, 0.6) is 0 Å². The molecule has 114 valence electrons. The quantitative estimate of drug-likeness (QED) is 0.849. The number of hydrogen-bond acceptors (Lipinski definition) is 3. The van der Waals surface area contributed by atoms with Gasteiger partial charge in [0.1, 0.15) is 6.04 Å². The molecule has 3 nitrogen and oxygen atoms in total. The third-order valence-corrected chi connectivity index (χ3v) is 4.69. The Kier molecular flexibility index (Phi) is 5.39. The van der Waals surface area contributed by atoms with Gasteiger partial charge >= 0.3 is 0 Å². The number of likely N-dealkylation sites (N-methyl/N-ethyl adjacent to an activating group) is 1. The van der Waals surface area contributed by atoms with Crippen molar-refractivity contribution in [1.29, 1.82) is 5.26 Å². The van der Waals surface area contributed by atoms with Gasteiger partial charge in [-0.25, -0.2) is 0 Å². The van der Waals surface area contributed by atoms with Crippen molar-refractivity contribution < 1.29 is 0 Å². The third kappa shape index (κ3) is 3.64. The number of nitrogens with zero attached hydrogens (tertiary/aromatic N) is 3. The molecule has 1 saturated heterocycles. The van der Waals surface area contributed by atoms with Crippen LogP contribution in [0.25, 0.3) is 0 Å². The summed E-state index contributed by atoms with van der Waals surface area (Å²) in [6.07, 6.45) is 1.14. The first kappa shape index (κ1) is 16.0. The minimum absolute atomic E-state index is 0.117. The molecule has 1 fully saturated rings. The predicted octanol–water partition coefficient (Wildman–Crippen LogP) is 3.40. The molecule has 0 radical (unpaired) electrons. The Morgan fingerprint density at radius 1 is 1.19 bits per heavy atom. The molecule has 1 heterocycles. The van der Waals surface area contributed by atoms with Gasteiger partial charge in [0.15, 0.2) is 0 Å². The topological polar surface area (TPSA) is 30.3 Å². The molecule has 0 spiro atoms. The minimum Gasteiger partial charge on any atom is -0.301 e. The average Bonchev–Trinajstić information content (AvgIpc) is 2.50. The van der Waals surface area contributed by atoms with Crippen LogP contribution in [0.2, 0.25) is 0 Å². The van der Waals surface area contributed by atoms with Crippen molar-refractivity contribution in [3.8, 4) is 6.07 Å². The Labute approximate surface area is 129 Å². The number of piperazine rings is 1. The zero-order valence-corrected chi connectivity index (χ0v) is 13.7. The van der Waals surface area contributed by atoms with Crippen LogP contribution in [-0.4, -0.2) is 42.5 Å². The van der Waals surface area contributed by atoms with Crippen molar-refractivity contribution in [3.05, 3.63) is 35.4 Å². The molecular formula is C18H27N3. The highest BCUT2D eigenvalue weighted by molar-refractivity contribution is 5.30. The third-order valence-electron chi connectivity index (χ3n) is 4.69. The van der Waals surface area contributed by atoms with E-state index in [0.717, 1.165) is 31.6 Å². The van der Waals surface area contributed by atoms with Crippen molar-refractivity contribution >= 4 is 0 Å².